The highest BCUT2D eigenvalue weighted by atomic mass is 16.5. The van der Waals surface area contributed by atoms with E-state index in [9.17, 15) is 43.8 Å². The predicted molar refractivity (Wildman–Crippen MR) is 226 cm³/mol. The van der Waals surface area contributed by atoms with E-state index in [1.807, 2.05) is 0 Å². The summed E-state index contributed by atoms with van der Waals surface area (Å²) in [7, 11) is 2.79. The average Bonchev–Trinajstić information content (AvgIpc) is 3.79. The van der Waals surface area contributed by atoms with Gasteiger partial charge in [0.25, 0.3) is 5.91 Å². The summed E-state index contributed by atoms with van der Waals surface area (Å²) in [6.07, 6.45) is 8.22. The number of phenols is 1. The highest BCUT2D eigenvalue weighted by Crippen LogP contribution is 2.29. The van der Waals surface area contributed by atoms with Crippen molar-refractivity contribution >= 4 is 53.3 Å². The number of amides is 4. The normalized spacial score (nSPS) is 15.0. The second-order valence-corrected chi connectivity index (χ2v) is 14.4. The van der Waals surface area contributed by atoms with Crippen molar-refractivity contribution in [3.8, 4) is 23.0 Å². The van der Waals surface area contributed by atoms with Gasteiger partial charge in [0.05, 0.1) is 26.6 Å². The molecular weight excluding hydrogens is 793 g/mol. The molecule has 2 aromatic rings. The molecule has 0 aromatic heterocycles. The molecule has 1 fully saturated rings. The van der Waals surface area contributed by atoms with Crippen molar-refractivity contribution < 1.29 is 58.0 Å². The summed E-state index contributed by atoms with van der Waals surface area (Å²) in [6.45, 7) is 2.94. The number of allylic oxidation sites excluding steroid dienone is 2. The minimum atomic E-state index is -1.25. The number of hydrogen-bond donors (Lipinski definition) is 8. The molecule has 0 unspecified atom stereocenters. The van der Waals surface area contributed by atoms with Crippen LogP contribution in [0.15, 0.2) is 48.6 Å². The first kappa shape index (κ1) is 49.1. The third kappa shape index (κ3) is 17.5. The number of aliphatic carboxylic acids is 1. The molecule has 2 aromatic carbocycles. The number of ether oxygens (including phenoxy) is 3. The number of methoxy groups -OCH3 is 2. The van der Waals surface area contributed by atoms with Gasteiger partial charge in [-0.15, -0.1) is 0 Å². The smallest absolute Gasteiger partial charge is 0.326 e. The summed E-state index contributed by atoms with van der Waals surface area (Å²) < 4.78 is 16.0. The highest BCUT2D eigenvalue weighted by molar-refractivity contribution is 6.11. The Morgan fingerprint density at radius 3 is 2.08 bits per heavy atom. The van der Waals surface area contributed by atoms with Crippen LogP contribution in [0, 0.1) is 5.92 Å². The minimum absolute atomic E-state index is 0.0403. The number of ketones is 2. The monoisotopic (exact) mass is 850 g/mol. The fourth-order valence-electron chi connectivity index (χ4n) is 6.15. The van der Waals surface area contributed by atoms with E-state index in [2.05, 4.69) is 26.6 Å². The molecule has 0 radical (unpaired) electrons. The largest absolute Gasteiger partial charge is 0.504 e. The van der Waals surface area contributed by atoms with Gasteiger partial charge in [-0.05, 0) is 113 Å². The van der Waals surface area contributed by atoms with Crippen LogP contribution in [0.4, 0.5) is 0 Å². The maximum atomic E-state index is 13.0. The predicted octanol–water partition coefficient (Wildman–Crippen LogP) is 1.63. The number of hydrogen-bond acceptors (Lipinski definition) is 13. The molecule has 0 bridgehead atoms. The van der Waals surface area contributed by atoms with Crippen molar-refractivity contribution in [1.29, 1.82) is 0 Å². The molecular formula is C43H58N6O12. The van der Waals surface area contributed by atoms with Crippen molar-refractivity contribution in [2.24, 2.45) is 11.7 Å². The fourth-order valence-corrected chi connectivity index (χ4v) is 6.15. The van der Waals surface area contributed by atoms with Crippen LogP contribution < -0.4 is 46.5 Å². The van der Waals surface area contributed by atoms with E-state index in [-0.39, 0.29) is 54.2 Å². The molecule has 332 valence electrons. The number of nitrogens with two attached hydrogens (primary N) is 1. The van der Waals surface area contributed by atoms with Gasteiger partial charge in [-0.3, -0.25) is 28.8 Å². The van der Waals surface area contributed by atoms with E-state index < -0.39 is 60.0 Å². The number of carboxylic acids is 1. The van der Waals surface area contributed by atoms with Crippen LogP contribution in [-0.2, 0) is 33.6 Å². The zero-order chi connectivity index (χ0) is 44.7. The van der Waals surface area contributed by atoms with Crippen LogP contribution in [-0.4, -0.2) is 117 Å². The zero-order valence-corrected chi connectivity index (χ0v) is 34.8. The Kier molecular flexibility index (Phi) is 21.0. The van der Waals surface area contributed by atoms with Gasteiger partial charge in [-0.2, -0.15) is 0 Å². The summed E-state index contributed by atoms with van der Waals surface area (Å²) in [5, 5.41) is 33.2. The number of benzene rings is 2. The lowest BCUT2D eigenvalue weighted by Crippen LogP contribution is -2.53. The Morgan fingerprint density at radius 1 is 0.820 bits per heavy atom. The van der Waals surface area contributed by atoms with Gasteiger partial charge in [-0.25, -0.2) is 4.79 Å². The van der Waals surface area contributed by atoms with Gasteiger partial charge in [0.1, 0.15) is 18.1 Å². The summed E-state index contributed by atoms with van der Waals surface area (Å²) in [4.78, 5) is 87.8. The molecule has 1 saturated heterocycles. The van der Waals surface area contributed by atoms with Crippen molar-refractivity contribution in [2.45, 2.75) is 76.4 Å². The number of carbonyl (C=O) groups is 7. The molecule has 61 heavy (non-hydrogen) atoms. The van der Waals surface area contributed by atoms with E-state index in [4.69, 9.17) is 19.9 Å². The van der Waals surface area contributed by atoms with E-state index in [1.165, 1.54) is 50.7 Å². The number of unbranched alkanes of at least 4 members (excludes halogenated alkanes) is 2. The first-order valence-corrected chi connectivity index (χ1v) is 20.2. The van der Waals surface area contributed by atoms with Gasteiger partial charge in [-0.1, -0.05) is 24.3 Å². The Hall–Kier alpha value is -6.27. The second kappa shape index (κ2) is 26.0. The first-order valence-electron chi connectivity index (χ1n) is 20.2. The van der Waals surface area contributed by atoms with Crippen LogP contribution in [0.3, 0.4) is 0 Å². The van der Waals surface area contributed by atoms with Gasteiger partial charge in [0.15, 0.2) is 41.2 Å². The maximum Gasteiger partial charge on any atom is 0.326 e. The van der Waals surface area contributed by atoms with E-state index in [1.54, 1.807) is 31.2 Å². The molecule has 4 amide bonds. The first-order chi connectivity index (χ1) is 29.2. The second-order valence-electron chi connectivity index (χ2n) is 14.4. The maximum absolute atomic E-state index is 13.0. The van der Waals surface area contributed by atoms with E-state index in [0.717, 1.165) is 6.54 Å². The molecule has 0 spiro atoms. The molecule has 1 aliphatic rings. The number of nitrogens with one attached hydrogen (secondary N) is 5. The van der Waals surface area contributed by atoms with Crippen LogP contribution in [0.25, 0.3) is 12.2 Å². The summed E-state index contributed by atoms with van der Waals surface area (Å²) in [5.41, 5.74) is 6.76. The number of phenolic OH excluding ortho intramolecular Hbond substituents is 1. The van der Waals surface area contributed by atoms with Gasteiger partial charge in [0, 0.05) is 13.1 Å². The molecule has 4 atom stereocenters. The van der Waals surface area contributed by atoms with Crippen LogP contribution in [0.2, 0.25) is 0 Å². The molecule has 1 aliphatic heterocycles. The summed E-state index contributed by atoms with van der Waals surface area (Å²) >= 11 is 0. The molecule has 3 rings (SSSR count). The Labute approximate surface area is 355 Å². The fraction of sp³-hybridized carbons (Fsp3) is 0.465. The SMILES string of the molecule is COc1cc(/C=C/C(=O)CC(=O)/C=C/c2ccc(OCC(=O)N[C@@H](CCCCNC(=O)[C@H](CCCCN)NC(=O)[C@H](C)NC(=O)[C@H]3CCNC3)C(=O)O)c(OC)c2)ccc1O. The molecule has 9 N–H and O–H groups in total. The highest BCUT2D eigenvalue weighted by Gasteiger charge is 2.28. The lowest BCUT2D eigenvalue weighted by Gasteiger charge is -2.22. The Morgan fingerprint density at radius 2 is 1.46 bits per heavy atom. The van der Waals surface area contributed by atoms with Crippen molar-refractivity contribution in [1.82, 2.24) is 26.6 Å². The number of carbonyl (C=O) groups excluding carboxylic acids is 6. The van der Waals surface area contributed by atoms with Crippen LogP contribution in [0.5, 0.6) is 23.0 Å². The van der Waals surface area contributed by atoms with Crippen LogP contribution >= 0.6 is 0 Å². The lowest BCUT2D eigenvalue weighted by molar-refractivity contribution is -0.142. The minimum Gasteiger partial charge on any atom is -0.504 e. The lowest BCUT2D eigenvalue weighted by atomic mass is 10.1. The van der Waals surface area contributed by atoms with Gasteiger partial charge >= 0.3 is 5.97 Å². The molecule has 18 nitrogen and oxygen atoms in total. The summed E-state index contributed by atoms with van der Waals surface area (Å²) in [6, 6.07) is 6.33. The third-order valence-corrected chi connectivity index (χ3v) is 9.64. The van der Waals surface area contributed by atoms with Crippen molar-refractivity contribution in [3.05, 3.63) is 59.7 Å². The van der Waals surface area contributed by atoms with Gasteiger partial charge in [0.2, 0.25) is 17.7 Å². The van der Waals surface area contributed by atoms with Crippen molar-refractivity contribution in [2.75, 3.05) is 47.0 Å². The zero-order valence-electron chi connectivity index (χ0n) is 34.8. The molecule has 18 heteroatoms. The third-order valence-electron chi connectivity index (χ3n) is 9.64. The topological polar surface area (TPSA) is 274 Å². The number of carboxylic acid groups (broad SMARTS) is 1. The summed E-state index contributed by atoms with van der Waals surface area (Å²) in [5.74, 6) is -3.51. The Bertz CT molecular complexity index is 1890. The van der Waals surface area contributed by atoms with Crippen LogP contribution in [0.1, 0.15) is 69.4 Å². The standard InChI is InChI=1S/C43H58N6O12/c1-27(47-41(55)30-18-21-45-25-30)40(54)49-33(8-4-6-19-44)42(56)46-20-7-5-9-34(43(57)58)48-39(53)26-61-36-17-13-29(23-38(36)60-3)11-15-32(51)24-31(50)14-10-28-12-16-35(52)37(22-28)59-2/h10-17,22-23,27,30,33-34,45,52H,4-9,18-21,24-26,44H2,1-3H3,(H,46,56)(H,47,55)(H,48,53)(H,49,54)(H,57,58)/b14-10+,15-11+/t27-,30-,33-,34-/m0/s1. The molecule has 0 saturated carbocycles. The Balaban J connectivity index is 1.42. The number of rotatable bonds is 27. The number of aromatic hydroxyl groups is 1. The van der Waals surface area contributed by atoms with Gasteiger partial charge < -0.3 is 56.7 Å². The van der Waals surface area contributed by atoms with Crippen molar-refractivity contribution in [3.63, 3.8) is 0 Å². The van der Waals surface area contributed by atoms with E-state index >= 15 is 0 Å². The molecule has 0 aliphatic carbocycles. The molecule has 1 heterocycles. The quantitative estimate of drug-likeness (QED) is 0.0361. The average molecular weight is 851 g/mol. The van der Waals surface area contributed by atoms with E-state index in [0.29, 0.717) is 62.7 Å².